The van der Waals surface area contributed by atoms with Crippen molar-refractivity contribution in [2.24, 2.45) is 0 Å². The van der Waals surface area contributed by atoms with Crippen LogP contribution in [0.2, 0.25) is 0 Å². The molecule has 1 aliphatic carbocycles. The fraction of sp³-hybridized carbons (Fsp3) is 0.464. The Bertz CT molecular complexity index is 1420. The summed E-state index contributed by atoms with van der Waals surface area (Å²) in [6.07, 6.45) is -3.02. The molecule has 5 rings (SSSR count). The van der Waals surface area contributed by atoms with Gasteiger partial charge in [0.1, 0.15) is 30.0 Å². The maximum absolute atomic E-state index is 14.4. The number of ether oxygens (including phenoxy) is 2. The van der Waals surface area contributed by atoms with E-state index >= 15 is 0 Å². The SMILES string of the molecule is COC1C(C(=O)N(c2cc(C)cc(Br)c2)[C@@H]2CCC[C@H]2O)OC(CO)C(O)C1n1cc(-c2cc(F)c(F)c(F)c2)nn1. The zero-order chi connectivity index (χ0) is 30.3. The van der Waals surface area contributed by atoms with Crippen LogP contribution in [0.4, 0.5) is 18.9 Å². The summed E-state index contributed by atoms with van der Waals surface area (Å²) in [6.45, 7) is 1.21. The number of methoxy groups -OCH3 is 1. The number of rotatable bonds is 7. The lowest BCUT2D eigenvalue weighted by Gasteiger charge is -2.45. The van der Waals surface area contributed by atoms with Gasteiger partial charge in [0.05, 0.1) is 24.9 Å². The van der Waals surface area contributed by atoms with E-state index in [1.54, 1.807) is 12.1 Å². The molecule has 42 heavy (non-hydrogen) atoms. The predicted octanol–water partition coefficient (Wildman–Crippen LogP) is 3.06. The van der Waals surface area contributed by atoms with Gasteiger partial charge < -0.3 is 29.7 Å². The number of aliphatic hydroxyl groups is 3. The normalized spacial score (nSPS) is 27.8. The number of hydrogen-bond donors (Lipinski definition) is 3. The fourth-order valence-electron chi connectivity index (χ4n) is 5.81. The molecule has 1 aliphatic heterocycles. The van der Waals surface area contributed by atoms with Gasteiger partial charge in [0.15, 0.2) is 23.6 Å². The first kappa shape index (κ1) is 30.6. The van der Waals surface area contributed by atoms with Crippen LogP contribution in [0.25, 0.3) is 11.3 Å². The van der Waals surface area contributed by atoms with E-state index < -0.39 is 72.6 Å². The Morgan fingerprint density at radius 3 is 2.48 bits per heavy atom. The average Bonchev–Trinajstić information content (AvgIpc) is 3.60. The van der Waals surface area contributed by atoms with Gasteiger partial charge in [-0.05, 0) is 62.1 Å². The molecule has 7 atom stereocenters. The summed E-state index contributed by atoms with van der Waals surface area (Å²) in [5.74, 6) is -5.02. The molecule has 2 aromatic carbocycles. The van der Waals surface area contributed by atoms with Crippen LogP contribution >= 0.6 is 15.9 Å². The van der Waals surface area contributed by atoms with Crippen molar-refractivity contribution in [3.8, 4) is 11.3 Å². The van der Waals surface area contributed by atoms with Crippen LogP contribution in [0.15, 0.2) is 41.0 Å². The molecular formula is C28H30BrF3N4O6. The molecule has 0 spiro atoms. The van der Waals surface area contributed by atoms with E-state index in [4.69, 9.17) is 9.47 Å². The Morgan fingerprint density at radius 1 is 1.17 bits per heavy atom. The van der Waals surface area contributed by atoms with Crippen molar-refractivity contribution >= 4 is 27.5 Å². The number of carbonyl (C=O) groups excluding carboxylic acids is 1. The zero-order valence-corrected chi connectivity index (χ0v) is 24.3. The van der Waals surface area contributed by atoms with Crippen LogP contribution in [0, 0.1) is 24.4 Å². The number of hydrogen-bond acceptors (Lipinski definition) is 8. The monoisotopic (exact) mass is 654 g/mol. The molecular weight excluding hydrogens is 625 g/mol. The van der Waals surface area contributed by atoms with Crippen molar-refractivity contribution < 1.29 is 42.8 Å². The van der Waals surface area contributed by atoms with Crippen LogP contribution < -0.4 is 4.90 Å². The third-order valence-electron chi connectivity index (χ3n) is 7.80. The van der Waals surface area contributed by atoms with Crippen molar-refractivity contribution in [3.05, 3.63) is 64.0 Å². The van der Waals surface area contributed by atoms with Crippen molar-refractivity contribution in [2.75, 3.05) is 18.6 Å². The molecule has 1 aromatic heterocycles. The smallest absolute Gasteiger partial charge is 0.259 e. The number of nitrogens with zero attached hydrogens (tertiary/aromatic N) is 4. The second-order valence-electron chi connectivity index (χ2n) is 10.6. The lowest BCUT2D eigenvalue weighted by molar-refractivity contribution is -0.211. The van der Waals surface area contributed by atoms with Crippen molar-refractivity contribution in [1.29, 1.82) is 0 Å². The molecule has 5 unspecified atom stereocenters. The van der Waals surface area contributed by atoms with E-state index in [0.717, 1.165) is 26.9 Å². The third-order valence-corrected chi connectivity index (χ3v) is 8.25. The highest BCUT2D eigenvalue weighted by Gasteiger charge is 2.52. The first-order valence-corrected chi connectivity index (χ1v) is 14.2. The van der Waals surface area contributed by atoms with Crippen LogP contribution in [0.3, 0.4) is 0 Å². The highest BCUT2D eigenvalue weighted by Crippen LogP contribution is 2.37. The molecule has 2 fully saturated rings. The van der Waals surface area contributed by atoms with E-state index in [9.17, 15) is 33.3 Å². The van der Waals surface area contributed by atoms with Crippen LogP contribution in [-0.2, 0) is 14.3 Å². The molecule has 14 heteroatoms. The lowest BCUT2D eigenvalue weighted by Crippen LogP contribution is -2.62. The molecule has 10 nitrogen and oxygen atoms in total. The van der Waals surface area contributed by atoms with Crippen molar-refractivity contribution in [1.82, 2.24) is 15.0 Å². The van der Waals surface area contributed by atoms with E-state index in [-0.39, 0.29) is 11.3 Å². The van der Waals surface area contributed by atoms with Gasteiger partial charge in [-0.2, -0.15) is 0 Å². The first-order valence-electron chi connectivity index (χ1n) is 13.4. The summed E-state index contributed by atoms with van der Waals surface area (Å²) >= 11 is 3.47. The standard InChI is InChI=1S/C28H30BrF3N4O6/c1-13-6-15(29)10-16(7-13)36(20-4-3-5-21(20)38)28(40)27-26(41-2)24(25(39)22(12-37)42-27)35-11-19(33-34-35)14-8-17(30)23(32)18(31)9-14/h6-11,20-22,24-27,37-39H,3-5,12H2,1-2H3/t20-,21-,22?,24?,25?,26?,27?/m1/s1. The van der Waals surface area contributed by atoms with E-state index in [1.807, 2.05) is 13.0 Å². The minimum atomic E-state index is -1.63. The van der Waals surface area contributed by atoms with Gasteiger partial charge in [-0.25, -0.2) is 17.9 Å². The number of benzene rings is 2. The largest absolute Gasteiger partial charge is 0.394 e. The van der Waals surface area contributed by atoms with Gasteiger partial charge in [-0.3, -0.25) is 4.79 Å². The van der Waals surface area contributed by atoms with E-state index in [1.165, 1.54) is 18.2 Å². The van der Waals surface area contributed by atoms with Gasteiger partial charge in [0.2, 0.25) is 0 Å². The third kappa shape index (κ3) is 5.71. The Labute approximate surface area is 247 Å². The molecule has 1 amide bonds. The van der Waals surface area contributed by atoms with Gasteiger partial charge in [-0.1, -0.05) is 21.1 Å². The summed E-state index contributed by atoms with van der Waals surface area (Å²) in [5.41, 5.74) is 1.24. The zero-order valence-electron chi connectivity index (χ0n) is 22.7. The van der Waals surface area contributed by atoms with Gasteiger partial charge in [-0.15, -0.1) is 5.10 Å². The molecule has 3 aromatic rings. The molecule has 1 saturated heterocycles. The number of aliphatic hydroxyl groups excluding tert-OH is 3. The Balaban J connectivity index is 1.54. The molecule has 1 saturated carbocycles. The van der Waals surface area contributed by atoms with E-state index in [2.05, 4.69) is 26.2 Å². The molecule has 2 aliphatic rings. The minimum Gasteiger partial charge on any atom is -0.394 e. The predicted molar refractivity (Wildman–Crippen MR) is 147 cm³/mol. The molecule has 0 bridgehead atoms. The Hall–Kier alpha value is -2.88. The van der Waals surface area contributed by atoms with Crippen LogP contribution in [0.5, 0.6) is 0 Å². The summed E-state index contributed by atoms with van der Waals surface area (Å²) in [4.78, 5) is 15.8. The summed E-state index contributed by atoms with van der Waals surface area (Å²) in [7, 11) is 1.31. The fourth-order valence-corrected chi connectivity index (χ4v) is 6.41. The second-order valence-corrected chi connectivity index (χ2v) is 11.5. The molecule has 2 heterocycles. The molecule has 0 radical (unpaired) electrons. The molecule has 3 N–H and O–H groups in total. The van der Waals surface area contributed by atoms with Crippen LogP contribution in [0.1, 0.15) is 30.9 Å². The van der Waals surface area contributed by atoms with Crippen LogP contribution in [-0.4, -0.2) is 86.5 Å². The number of halogens is 4. The second kappa shape index (κ2) is 12.4. The maximum atomic E-state index is 14.4. The maximum Gasteiger partial charge on any atom is 0.259 e. The first-order chi connectivity index (χ1) is 20.0. The van der Waals surface area contributed by atoms with Gasteiger partial charge in [0, 0.05) is 22.8 Å². The van der Waals surface area contributed by atoms with Crippen molar-refractivity contribution in [3.63, 3.8) is 0 Å². The van der Waals surface area contributed by atoms with Gasteiger partial charge >= 0.3 is 0 Å². The number of amides is 1. The highest BCUT2D eigenvalue weighted by atomic mass is 79.9. The summed E-state index contributed by atoms with van der Waals surface area (Å²) < 4.78 is 54.8. The Kier molecular flexibility index (Phi) is 9.02. The van der Waals surface area contributed by atoms with E-state index in [0.29, 0.717) is 24.9 Å². The van der Waals surface area contributed by atoms with Gasteiger partial charge in [0.25, 0.3) is 5.91 Å². The molecule has 226 valence electrons. The Morgan fingerprint density at radius 2 is 1.88 bits per heavy atom. The number of aryl methyl sites for hydroxylation is 1. The highest BCUT2D eigenvalue weighted by molar-refractivity contribution is 9.10. The summed E-state index contributed by atoms with van der Waals surface area (Å²) in [6, 6.07) is 5.24. The number of anilines is 1. The average molecular weight is 655 g/mol. The lowest BCUT2D eigenvalue weighted by atomic mass is 9.91. The number of aromatic nitrogens is 3. The summed E-state index contributed by atoms with van der Waals surface area (Å²) in [5, 5.41) is 40.0. The topological polar surface area (TPSA) is 130 Å². The quantitative estimate of drug-likeness (QED) is 0.332. The number of carbonyl (C=O) groups is 1. The van der Waals surface area contributed by atoms with Crippen molar-refractivity contribution in [2.45, 2.75) is 68.8 Å². The minimum absolute atomic E-state index is 0.0370.